The van der Waals surface area contributed by atoms with Gasteiger partial charge in [-0.1, -0.05) is 38.8 Å². The molecule has 0 bridgehead atoms. The van der Waals surface area contributed by atoms with Gasteiger partial charge in [0.25, 0.3) is 0 Å². The first-order valence-corrected chi connectivity index (χ1v) is 8.89. The Morgan fingerprint density at radius 3 is 2.48 bits per heavy atom. The average molecular weight is 324 g/mol. The minimum Gasteiger partial charge on any atom is -0.497 e. The zero-order chi connectivity index (χ0) is 16.9. The van der Waals surface area contributed by atoms with E-state index in [2.05, 4.69) is 19.2 Å². The van der Waals surface area contributed by atoms with Gasteiger partial charge in [0.1, 0.15) is 18.4 Å². The molecule has 0 aliphatic heterocycles. The van der Waals surface area contributed by atoms with E-state index in [0.29, 0.717) is 19.8 Å². The minimum absolute atomic E-state index is 0.383. The molecule has 0 fully saturated rings. The Bertz CT molecular complexity index is 394. The third-order valence-corrected chi connectivity index (χ3v) is 4.22. The molecule has 1 aromatic carbocycles. The molecule has 0 heterocycles. The van der Waals surface area contributed by atoms with Gasteiger partial charge in [0.05, 0.1) is 26.9 Å². The molecule has 4 nitrogen and oxygen atoms in total. The standard InChI is InChI=1S/C19H33NO3/c1-4-6-7-16(5-2)12-20-13-18(21)15-23-14-17-8-10-19(22-3)11-9-17/h8-11,16,18,20-21H,4-7,12-15H2,1-3H3/p+1/t16-,18-/m0/s1. The van der Waals surface area contributed by atoms with Crippen LogP contribution in [-0.2, 0) is 11.3 Å². The summed E-state index contributed by atoms with van der Waals surface area (Å²) in [5, 5.41) is 12.2. The van der Waals surface area contributed by atoms with E-state index in [1.165, 1.54) is 25.7 Å². The first-order chi connectivity index (χ1) is 11.2. The van der Waals surface area contributed by atoms with Crippen molar-refractivity contribution in [2.75, 3.05) is 26.8 Å². The van der Waals surface area contributed by atoms with Crippen molar-refractivity contribution in [2.24, 2.45) is 5.92 Å². The lowest BCUT2D eigenvalue weighted by Crippen LogP contribution is -2.87. The Hall–Kier alpha value is -1.10. The Morgan fingerprint density at radius 2 is 1.87 bits per heavy atom. The number of benzene rings is 1. The summed E-state index contributed by atoms with van der Waals surface area (Å²) in [5.74, 6) is 1.61. The number of quaternary nitrogens is 1. The number of nitrogens with two attached hydrogens (primary N) is 1. The van der Waals surface area contributed by atoms with Crippen molar-refractivity contribution in [3.05, 3.63) is 29.8 Å². The predicted octanol–water partition coefficient (Wildman–Crippen LogP) is 2.35. The largest absolute Gasteiger partial charge is 0.497 e. The summed E-state index contributed by atoms with van der Waals surface area (Å²) in [6.07, 6.45) is 4.68. The van der Waals surface area contributed by atoms with Crippen molar-refractivity contribution in [1.82, 2.24) is 0 Å². The summed E-state index contributed by atoms with van der Waals surface area (Å²) < 4.78 is 10.7. The number of rotatable bonds is 13. The predicted molar refractivity (Wildman–Crippen MR) is 93.6 cm³/mol. The van der Waals surface area contributed by atoms with Crippen LogP contribution in [0.1, 0.15) is 45.1 Å². The molecule has 3 N–H and O–H groups in total. The minimum atomic E-state index is -0.406. The molecule has 0 spiro atoms. The number of aliphatic hydroxyl groups is 1. The van der Waals surface area contributed by atoms with Crippen LogP contribution < -0.4 is 10.1 Å². The number of ether oxygens (including phenoxy) is 2. The topological polar surface area (TPSA) is 55.3 Å². The highest BCUT2D eigenvalue weighted by Gasteiger charge is 2.11. The van der Waals surface area contributed by atoms with Crippen LogP contribution in [0.5, 0.6) is 5.75 Å². The fraction of sp³-hybridized carbons (Fsp3) is 0.684. The highest BCUT2D eigenvalue weighted by molar-refractivity contribution is 5.26. The molecular weight excluding hydrogens is 290 g/mol. The fourth-order valence-corrected chi connectivity index (χ4v) is 2.61. The molecule has 132 valence electrons. The van der Waals surface area contributed by atoms with Crippen LogP contribution in [0.25, 0.3) is 0 Å². The maximum Gasteiger partial charge on any atom is 0.126 e. The van der Waals surface area contributed by atoms with E-state index in [4.69, 9.17) is 9.47 Å². The molecule has 1 aromatic rings. The van der Waals surface area contributed by atoms with Crippen LogP contribution in [0.15, 0.2) is 24.3 Å². The third kappa shape index (κ3) is 8.94. The lowest BCUT2D eigenvalue weighted by molar-refractivity contribution is -0.667. The summed E-state index contributed by atoms with van der Waals surface area (Å²) in [5.41, 5.74) is 1.09. The number of hydrogen-bond donors (Lipinski definition) is 2. The van der Waals surface area contributed by atoms with E-state index in [0.717, 1.165) is 23.8 Å². The molecule has 0 aliphatic rings. The second kappa shape index (κ2) is 12.3. The molecule has 0 unspecified atom stereocenters. The Kier molecular flexibility index (Phi) is 10.7. The maximum atomic E-state index is 9.99. The van der Waals surface area contributed by atoms with Crippen molar-refractivity contribution in [3.8, 4) is 5.75 Å². The molecule has 0 aliphatic carbocycles. The highest BCUT2D eigenvalue weighted by atomic mass is 16.5. The zero-order valence-electron chi connectivity index (χ0n) is 15.0. The van der Waals surface area contributed by atoms with Crippen molar-refractivity contribution < 1.29 is 19.9 Å². The average Bonchev–Trinajstić information content (AvgIpc) is 2.58. The summed E-state index contributed by atoms with van der Waals surface area (Å²) in [4.78, 5) is 0. The van der Waals surface area contributed by atoms with Gasteiger partial charge in [-0.2, -0.15) is 0 Å². The van der Waals surface area contributed by atoms with Gasteiger partial charge in [0, 0.05) is 5.92 Å². The van der Waals surface area contributed by atoms with Gasteiger partial charge in [-0.25, -0.2) is 0 Å². The molecule has 2 atom stereocenters. The second-order valence-electron chi connectivity index (χ2n) is 6.19. The summed E-state index contributed by atoms with van der Waals surface area (Å²) >= 11 is 0. The normalized spacial score (nSPS) is 13.7. The Balaban J connectivity index is 2.12. The third-order valence-electron chi connectivity index (χ3n) is 4.22. The summed E-state index contributed by atoms with van der Waals surface area (Å²) in [7, 11) is 1.66. The van der Waals surface area contributed by atoms with Gasteiger partial charge >= 0.3 is 0 Å². The molecule has 1 rings (SSSR count). The lowest BCUT2D eigenvalue weighted by Gasteiger charge is -2.15. The van der Waals surface area contributed by atoms with E-state index in [9.17, 15) is 5.11 Å². The van der Waals surface area contributed by atoms with Gasteiger partial charge in [0.15, 0.2) is 0 Å². The van der Waals surface area contributed by atoms with Crippen LogP contribution in [-0.4, -0.2) is 38.0 Å². The van der Waals surface area contributed by atoms with Crippen LogP contribution in [0.4, 0.5) is 0 Å². The van der Waals surface area contributed by atoms with Gasteiger partial charge < -0.3 is 19.9 Å². The Morgan fingerprint density at radius 1 is 1.13 bits per heavy atom. The zero-order valence-corrected chi connectivity index (χ0v) is 15.0. The van der Waals surface area contributed by atoms with Gasteiger partial charge in [-0.05, 0) is 30.5 Å². The molecular formula is C19H34NO3+. The quantitative estimate of drug-likeness (QED) is 0.586. The second-order valence-corrected chi connectivity index (χ2v) is 6.19. The smallest absolute Gasteiger partial charge is 0.126 e. The number of aliphatic hydroxyl groups excluding tert-OH is 1. The van der Waals surface area contributed by atoms with Crippen molar-refractivity contribution in [1.29, 1.82) is 0 Å². The van der Waals surface area contributed by atoms with Crippen molar-refractivity contribution >= 4 is 0 Å². The fourth-order valence-electron chi connectivity index (χ4n) is 2.61. The molecule has 0 aromatic heterocycles. The highest BCUT2D eigenvalue weighted by Crippen LogP contribution is 2.12. The Labute approximate surface area is 141 Å². The molecule has 23 heavy (non-hydrogen) atoms. The molecule has 0 amide bonds. The van der Waals surface area contributed by atoms with E-state index in [1.807, 2.05) is 24.3 Å². The van der Waals surface area contributed by atoms with Gasteiger partial charge in [-0.15, -0.1) is 0 Å². The van der Waals surface area contributed by atoms with Crippen LogP contribution in [0.3, 0.4) is 0 Å². The first kappa shape index (κ1) is 19.9. The van der Waals surface area contributed by atoms with Crippen molar-refractivity contribution in [3.63, 3.8) is 0 Å². The molecule has 4 heteroatoms. The van der Waals surface area contributed by atoms with Gasteiger partial charge in [-0.3, -0.25) is 0 Å². The van der Waals surface area contributed by atoms with Crippen LogP contribution in [0, 0.1) is 5.92 Å². The van der Waals surface area contributed by atoms with Crippen molar-refractivity contribution in [2.45, 2.75) is 52.2 Å². The monoisotopic (exact) mass is 324 g/mol. The lowest BCUT2D eigenvalue weighted by atomic mass is 9.99. The van der Waals surface area contributed by atoms with Crippen LogP contribution >= 0.6 is 0 Å². The van der Waals surface area contributed by atoms with E-state index in [1.54, 1.807) is 7.11 Å². The summed E-state index contributed by atoms with van der Waals surface area (Å²) in [6.45, 7) is 7.21. The SMILES string of the molecule is CCCC[C@H](CC)C[NH2+]C[C@H](O)COCc1ccc(OC)cc1. The van der Waals surface area contributed by atoms with E-state index in [-0.39, 0.29) is 0 Å². The number of methoxy groups -OCH3 is 1. The van der Waals surface area contributed by atoms with E-state index < -0.39 is 6.10 Å². The molecule has 0 radical (unpaired) electrons. The number of hydrogen-bond acceptors (Lipinski definition) is 3. The molecule has 0 saturated heterocycles. The van der Waals surface area contributed by atoms with E-state index >= 15 is 0 Å². The molecule has 0 saturated carbocycles. The van der Waals surface area contributed by atoms with Crippen LogP contribution in [0.2, 0.25) is 0 Å². The summed E-state index contributed by atoms with van der Waals surface area (Å²) in [6, 6.07) is 7.81. The first-order valence-electron chi connectivity index (χ1n) is 8.89. The van der Waals surface area contributed by atoms with Gasteiger partial charge in [0.2, 0.25) is 0 Å². The number of unbranched alkanes of at least 4 members (excludes halogenated alkanes) is 1. The maximum absolute atomic E-state index is 9.99.